The molecule has 0 amide bonds. The molecule has 0 aromatic heterocycles. The lowest BCUT2D eigenvalue weighted by Gasteiger charge is -2.17. The molecule has 21 heavy (non-hydrogen) atoms. The summed E-state index contributed by atoms with van der Waals surface area (Å²) in [6.45, 7) is 0. The normalized spacial score (nSPS) is 16.9. The van der Waals surface area contributed by atoms with Crippen molar-refractivity contribution in [2.24, 2.45) is 0 Å². The molecular weight excluding hydrogens is 306 g/mol. The molecule has 6 heteroatoms. The Morgan fingerprint density at radius 1 is 1.00 bits per heavy atom. The van der Waals surface area contributed by atoms with Gasteiger partial charge in [-0.25, -0.2) is 17.6 Å². The highest BCUT2D eigenvalue weighted by Crippen LogP contribution is 2.37. The summed E-state index contributed by atoms with van der Waals surface area (Å²) in [7, 11) is 0. The first-order valence-electron chi connectivity index (χ1n) is 6.35. The van der Waals surface area contributed by atoms with Gasteiger partial charge in [-0.2, -0.15) is 0 Å². The minimum absolute atomic E-state index is 0.193. The van der Waals surface area contributed by atoms with E-state index in [0.717, 1.165) is 11.1 Å². The number of rotatable bonds is 2. The average Bonchev–Trinajstić information content (AvgIpc) is 2.83. The Balaban J connectivity index is 1.97. The molecule has 1 atom stereocenters. The van der Waals surface area contributed by atoms with Crippen LogP contribution in [0, 0.1) is 23.3 Å². The van der Waals surface area contributed by atoms with Crippen LogP contribution in [-0.4, -0.2) is 0 Å². The van der Waals surface area contributed by atoms with Crippen LogP contribution in [0.25, 0.3) is 0 Å². The third-order valence-electron chi connectivity index (χ3n) is 3.61. The predicted molar refractivity (Wildman–Crippen MR) is 72.4 cm³/mol. The van der Waals surface area contributed by atoms with Gasteiger partial charge in [0.05, 0.1) is 6.04 Å². The lowest BCUT2D eigenvalue weighted by Crippen LogP contribution is -2.12. The number of anilines is 1. The van der Waals surface area contributed by atoms with Crippen LogP contribution in [0.3, 0.4) is 0 Å². The molecule has 0 saturated heterocycles. The van der Waals surface area contributed by atoms with Crippen molar-refractivity contribution in [2.45, 2.75) is 18.9 Å². The van der Waals surface area contributed by atoms with Gasteiger partial charge in [-0.3, -0.25) is 0 Å². The molecule has 0 radical (unpaired) electrons. The highest BCUT2D eigenvalue weighted by molar-refractivity contribution is 6.30. The number of hydrogen-bond donors (Lipinski definition) is 1. The molecule has 110 valence electrons. The molecule has 0 bridgehead atoms. The number of aryl methyl sites for hydroxylation is 1. The summed E-state index contributed by atoms with van der Waals surface area (Å²) >= 11 is 5.88. The van der Waals surface area contributed by atoms with Crippen molar-refractivity contribution < 1.29 is 17.6 Å². The molecule has 2 aromatic rings. The average molecular weight is 316 g/mol. The molecule has 0 heterocycles. The largest absolute Gasteiger partial charge is 0.373 e. The van der Waals surface area contributed by atoms with E-state index in [1.165, 1.54) is 0 Å². The zero-order chi connectivity index (χ0) is 15.1. The lowest BCUT2D eigenvalue weighted by molar-refractivity contribution is 0.456. The molecule has 1 nitrogen and oxygen atoms in total. The quantitative estimate of drug-likeness (QED) is 0.607. The summed E-state index contributed by atoms with van der Waals surface area (Å²) in [5.41, 5.74) is 1.00. The lowest BCUT2D eigenvalue weighted by atomic mass is 10.1. The van der Waals surface area contributed by atoms with Crippen molar-refractivity contribution in [1.82, 2.24) is 0 Å². The summed E-state index contributed by atoms with van der Waals surface area (Å²) < 4.78 is 53.7. The molecule has 0 aliphatic heterocycles. The predicted octanol–water partition coefficient (Wildman–Crippen LogP) is 5.00. The SMILES string of the molecule is Fc1cc(F)c(F)c(NC2CCc3cc(Cl)ccc32)c1F. The van der Waals surface area contributed by atoms with Crippen LogP contribution in [0.15, 0.2) is 24.3 Å². The molecule has 1 unspecified atom stereocenters. The Morgan fingerprint density at radius 3 is 2.33 bits per heavy atom. The van der Waals surface area contributed by atoms with Gasteiger partial charge in [0.1, 0.15) is 5.69 Å². The van der Waals surface area contributed by atoms with Crippen molar-refractivity contribution in [3.63, 3.8) is 0 Å². The van der Waals surface area contributed by atoms with Crippen molar-refractivity contribution in [3.8, 4) is 0 Å². The van der Waals surface area contributed by atoms with E-state index in [1.807, 2.05) is 0 Å². The van der Waals surface area contributed by atoms with Crippen LogP contribution in [0.4, 0.5) is 23.2 Å². The van der Waals surface area contributed by atoms with Gasteiger partial charge >= 0.3 is 0 Å². The van der Waals surface area contributed by atoms with Gasteiger partial charge in [0.15, 0.2) is 23.3 Å². The maximum atomic E-state index is 13.7. The van der Waals surface area contributed by atoms with E-state index in [2.05, 4.69) is 5.32 Å². The molecule has 1 aliphatic rings. The highest BCUT2D eigenvalue weighted by Gasteiger charge is 2.26. The number of fused-ring (bicyclic) bond motifs is 1. The standard InChI is InChI=1S/C15H10ClF4N/c16-8-2-3-9-7(5-8)1-4-12(9)21-15-13(19)10(17)6-11(18)14(15)20/h2-3,5-6,12,21H,1,4H2. The minimum atomic E-state index is -1.43. The molecule has 0 spiro atoms. The van der Waals surface area contributed by atoms with Gasteiger partial charge in [0, 0.05) is 11.1 Å². The van der Waals surface area contributed by atoms with Crippen LogP contribution >= 0.6 is 11.6 Å². The molecule has 3 rings (SSSR count). The molecular formula is C15H10ClF4N. The van der Waals surface area contributed by atoms with E-state index in [-0.39, 0.29) is 6.07 Å². The Morgan fingerprint density at radius 2 is 1.67 bits per heavy atom. The highest BCUT2D eigenvalue weighted by atomic mass is 35.5. The molecule has 0 fully saturated rings. The second kappa shape index (κ2) is 5.22. The van der Waals surface area contributed by atoms with Gasteiger partial charge < -0.3 is 5.32 Å². The topological polar surface area (TPSA) is 12.0 Å². The fourth-order valence-electron chi connectivity index (χ4n) is 2.61. The molecule has 1 aliphatic carbocycles. The summed E-state index contributed by atoms with van der Waals surface area (Å²) in [4.78, 5) is 0. The van der Waals surface area contributed by atoms with Crippen molar-refractivity contribution >= 4 is 17.3 Å². The smallest absolute Gasteiger partial charge is 0.185 e. The van der Waals surface area contributed by atoms with E-state index >= 15 is 0 Å². The van der Waals surface area contributed by atoms with Crippen LogP contribution < -0.4 is 5.32 Å². The van der Waals surface area contributed by atoms with E-state index in [4.69, 9.17) is 11.6 Å². The number of hydrogen-bond acceptors (Lipinski definition) is 1. The zero-order valence-corrected chi connectivity index (χ0v) is 11.4. The first kappa shape index (κ1) is 14.2. The van der Waals surface area contributed by atoms with Crippen molar-refractivity contribution in [1.29, 1.82) is 0 Å². The fraction of sp³-hybridized carbons (Fsp3) is 0.200. The van der Waals surface area contributed by atoms with Crippen molar-refractivity contribution in [3.05, 3.63) is 63.7 Å². The Hall–Kier alpha value is -1.75. The van der Waals surface area contributed by atoms with Gasteiger partial charge in [0.25, 0.3) is 0 Å². The maximum absolute atomic E-state index is 13.7. The van der Waals surface area contributed by atoms with Gasteiger partial charge in [-0.1, -0.05) is 17.7 Å². The first-order valence-corrected chi connectivity index (χ1v) is 6.73. The minimum Gasteiger partial charge on any atom is -0.373 e. The van der Waals surface area contributed by atoms with Crippen LogP contribution in [-0.2, 0) is 6.42 Å². The van der Waals surface area contributed by atoms with E-state index in [1.54, 1.807) is 18.2 Å². The maximum Gasteiger partial charge on any atom is 0.185 e. The molecule has 0 saturated carbocycles. The van der Waals surface area contributed by atoms with E-state index in [0.29, 0.717) is 17.9 Å². The van der Waals surface area contributed by atoms with Gasteiger partial charge in [-0.15, -0.1) is 0 Å². The van der Waals surface area contributed by atoms with E-state index in [9.17, 15) is 17.6 Å². The Kier molecular flexibility index (Phi) is 3.53. The molecule has 2 aromatic carbocycles. The number of halogens is 5. The second-order valence-corrected chi connectivity index (χ2v) is 5.36. The van der Waals surface area contributed by atoms with Crippen LogP contribution in [0.5, 0.6) is 0 Å². The number of nitrogens with one attached hydrogen (secondary N) is 1. The first-order chi connectivity index (χ1) is 9.97. The zero-order valence-electron chi connectivity index (χ0n) is 10.7. The van der Waals surface area contributed by atoms with E-state index < -0.39 is 35.0 Å². The third-order valence-corrected chi connectivity index (χ3v) is 3.85. The fourth-order valence-corrected chi connectivity index (χ4v) is 2.80. The molecule has 1 N–H and O–H groups in total. The number of benzene rings is 2. The Labute approximate surface area is 123 Å². The Bertz CT molecular complexity index is 691. The monoisotopic (exact) mass is 315 g/mol. The van der Waals surface area contributed by atoms with Gasteiger partial charge in [0.2, 0.25) is 0 Å². The second-order valence-electron chi connectivity index (χ2n) is 4.92. The van der Waals surface area contributed by atoms with Crippen LogP contribution in [0.1, 0.15) is 23.6 Å². The van der Waals surface area contributed by atoms with Crippen LogP contribution in [0.2, 0.25) is 5.02 Å². The summed E-state index contributed by atoms with van der Waals surface area (Å²) in [5, 5.41) is 3.13. The third kappa shape index (κ3) is 2.46. The van der Waals surface area contributed by atoms with Crippen molar-refractivity contribution in [2.75, 3.05) is 5.32 Å². The summed E-state index contributed by atoms with van der Waals surface area (Å²) in [6, 6.07) is 4.96. The van der Waals surface area contributed by atoms with Gasteiger partial charge in [-0.05, 0) is 36.1 Å². The summed E-state index contributed by atoms with van der Waals surface area (Å²) in [6.07, 6.45) is 1.24. The summed E-state index contributed by atoms with van der Waals surface area (Å²) in [5.74, 6) is -5.69.